The van der Waals surface area contributed by atoms with Crippen LogP contribution in [-0.4, -0.2) is 0 Å². The molecule has 18 heavy (non-hydrogen) atoms. The highest BCUT2D eigenvalue weighted by Crippen LogP contribution is 2.28. The van der Waals surface area contributed by atoms with Gasteiger partial charge in [-0.3, -0.25) is 0 Å². The molecule has 2 N–H and O–H groups in total. The van der Waals surface area contributed by atoms with E-state index in [0.717, 1.165) is 22.5 Å². The maximum atomic E-state index is 5.87. The molecule has 3 nitrogen and oxygen atoms in total. The summed E-state index contributed by atoms with van der Waals surface area (Å²) in [5, 5.41) is 8.48. The van der Waals surface area contributed by atoms with Crippen LogP contribution in [0.3, 0.4) is 0 Å². The van der Waals surface area contributed by atoms with Crippen LogP contribution in [0.4, 0.5) is 17.1 Å². The Morgan fingerprint density at radius 3 is 2.17 bits per heavy atom. The SMILES string of the molecule is Cc1ccccc1N=Nc1c(C)cccc1N.Cl. The van der Waals surface area contributed by atoms with Crippen LogP contribution in [0.25, 0.3) is 0 Å². The van der Waals surface area contributed by atoms with Gasteiger partial charge in [0.1, 0.15) is 5.69 Å². The number of aryl methyl sites for hydroxylation is 2. The molecule has 0 unspecified atom stereocenters. The number of anilines is 1. The molecular weight excluding hydrogens is 246 g/mol. The minimum absolute atomic E-state index is 0. The zero-order chi connectivity index (χ0) is 12.3. The highest BCUT2D eigenvalue weighted by atomic mass is 35.5. The Kier molecular flexibility index (Phi) is 4.86. The molecule has 94 valence electrons. The Bertz CT molecular complexity index is 544. The van der Waals surface area contributed by atoms with Gasteiger partial charge in [0.2, 0.25) is 0 Å². The van der Waals surface area contributed by atoms with E-state index < -0.39 is 0 Å². The lowest BCUT2D eigenvalue weighted by molar-refractivity contribution is 1.19. The van der Waals surface area contributed by atoms with E-state index in [1.807, 2.05) is 56.3 Å². The second kappa shape index (κ2) is 6.17. The first-order valence-corrected chi connectivity index (χ1v) is 5.51. The molecule has 2 aromatic carbocycles. The van der Waals surface area contributed by atoms with E-state index in [0.29, 0.717) is 5.69 Å². The van der Waals surface area contributed by atoms with Crippen molar-refractivity contribution in [2.24, 2.45) is 10.2 Å². The van der Waals surface area contributed by atoms with Crippen LogP contribution >= 0.6 is 12.4 Å². The molecule has 0 atom stereocenters. The molecule has 0 aliphatic rings. The lowest BCUT2D eigenvalue weighted by Gasteiger charge is -2.02. The minimum Gasteiger partial charge on any atom is -0.397 e. The molecule has 0 saturated carbocycles. The van der Waals surface area contributed by atoms with Crippen molar-refractivity contribution in [1.82, 2.24) is 0 Å². The molecule has 0 spiro atoms. The highest BCUT2D eigenvalue weighted by molar-refractivity contribution is 5.85. The number of azo groups is 1. The Hall–Kier alpha value is -1.87. The van der Waals surface area contributed by atoms with Crippen LogP contribution in [0.2, 0.25) is 0 Å². The van der Waals surface area contributed by atoms with E-state index in [1.165, 1.54) is 0 Å². The van der Waals surface area contributed by atoms with Crippen LogP contribution in [0.5, 0.6) is 0 Å². The van der Waals surface area contributed by atoms with Crippen molar-refractivity contribution < 1.29 is 0 Å². The largest absolute Gasteiger partial charge is 0.397 e. The van der Waals surface area contributed by atoms with Crippen molar-refractivity contribution in [3.8, 4) is 0 Å². The number of nitrogen functional groups attached to an aromatic ring is 1. The van der Waals surface area contributed by atoms with Gasteiger partial charge in [0.25, 0.3) is 0 Å². The van der Waals surface area contributed by atoms with Crippen LogP contribution in [-0.2, 0) is 0 Å². The predicted octanol–water partition coefficient (Wildman–Crippen LogP) is 4.72. The molecule has 0 amide bonds. The third-order valence-corrected chi connectivity index (χ3v) is 2.64. The number of halogens is 1. The van der Waals surface area contributed by atoms with Crippen molar-refractivity contribution in [1.29, 1.82) is 0 Å². The molecule has 2 rings (SSSR count). The molecule has 0 bridgehead atoms. The van der Waals surface area contributed by atoms with Crippen molar-refractivity contribution in [2.45, 2.75) is 13.8 Å². The van der Waals surface area contributed by atoms with E-state index in [2.05, 4.69) is 10.2 Å². The van der Waals surface area contributed by atoms with Crippen molar-refractivity contribution in [3.63, 3.8) is 0 Å². The van der Waals surface area contributed by atoms with E-state index >= 15 is 0 Å². The lowest BCUT2D eigenvalue weighted by Crippen LogP contribution is -1.86. The average molecular weight is 262 g/mol. The first-order chi connectivity index (χ1) is 8.18. The summed E-state index contributed by atoms with van der Waals surface area (Å²) in [5.41, 5.74) is 10.3. The van der Waals surface area contributed by atoms with Gasteiger partial charge < -0.3 is 5.73 Å². The molecule has 0 heterocycles. The van der Waals surface area contributed by atoms with Gasteiger partial charge in [-0.2, -0.15) is 5.11 Å². The van der Waals surface area contributed by atoms with Crippen LogP contribution in [0.15, 0.2) is 52.7 Å². The molecule has 0 fully saturated rings. The summed E-state index contributed by atoms with van der Waals surface area (Å²) in [4.78, 5) is 0. The summed E-state index contributed by atoms with van der Waals surface area (Å²) in [5.74, 6) is 0. The van der Waals surface area contributed by atoms with Crippen LogP contribution in [0, 0.1) is 13.8 Å². The van der Waals surface area contributed by atoms with Gasteiger partial charge in [-0.25, -0.2) is 0 Å². The van der Waals surface area contributed by atoms with Gasteiger partial charge in [-0.15, -0.1) is 17.5 Å². The molecule has 4 heteroatoms. The number of benzene rings is 2. The van der Waals surface area contributed by atoms with Gasteiger partial charge in [-0.05, 0) is 37.1 Å². The number of hydrogen-bond donors (Lipinski definition) is 1. The van der Waals surface area contributed by atoms with Crippen LogP contribution < -0.4 is 5.73 Å². The van der Waals surface area contributed by atoms with Crippen molar-refractivity contribution >= 4 is 29.5 Å². The molecule has 2 aromatic rings. The number of rotatable bonds is 2. The minimum atomic E-state index is 0. The summed E-state index contributed by atoms with van der Waals surface area (Å²) >= 11 is 0. The fourth-order valence-electron chi connectivity index (χ4n) is 1.60. The van der Waals surface area contributed by atoms with Crippen molar-refractivity contribution in [3.05, 3.63) is 53.6 Å². The van der Waals surface area contributed by atoms with E-state index in [4.69, 9.17) is 5.73 Å². The molecule has 0 aliphatic carbocycles. The Labute approximate surface area is 113 Å². The fraction of sp³-hybridized carbons (Fsp3) is 0.143. The third kappa shape index (κ3) is 3.08. The molecule has 0 aliphatic heterocycles. The second-order valence-corrected chi connectivity index (χ2v) is 4.00. The average Bonchev–Trinajstić information content (AvgIpc) is 2.30. The molecule has 0 radical (unpaired) electrons. The Morgan fingerprint density at radius 1 is 0.833 bits per heavy atom. The summed E-state index contributed by atoms with van der Waals surface area (Å²) in [6.07, 6.45) is 0. The molecule has 0 saturated heterocycles. The summed E-state index contributed by atoms with van der Waals surface area (Å²) in [6.45, 7) is 3.98. The monoisotopic (exact) mass is 261 g/mol. The van der Waals surface area contributed by atoms with E-state index in [-0.39, 0.29) is 12.4 Å². The quantitative estimate of drug-likeness (QED) is 0.617. The maximum Gasteiger partial charge on any atom is 0.111 e. The normalized spacial score (nSPS) is 10.3. The lowest BCUT2D eigenvalue weighted by atomic mass is 10.2. The second-order valence-electron chi connectivity index (χ2n) is 4.00. The predicted molar refractivity (Wildman–Crippen MR) is 78.2 cm³/mol. The van der Waals surface area contributed by atoms with Gasteiger partial charge in [0, 0.05) is 0 Å². The fourth-order valence-corrected chi connectivity index (χ4v) is 1.60. The topological polar surface area (TPSA) is 50.7 Å². The van der Waals surface area contributed by atoms with E-state index in [9.17, 15) is 0 Å². The van der Waals surface area contributed by atoms with E-state index in [1.54, 1.807) is 0 Å². The summed E-state index contributed by atoms with van der Waals surface area (Å²) in [6, 6.07) is 13.6. The highest BCUT2D eigenvalue weighted by Gasteiger charge is 2.01. The van der Waals surface area contributed by atoms with Gasteiger partial charge in [0.05, 0.1) is 11.4 Å². The van der Waals surface area contributed by atoms with Gasteiger partial charge >= 0.3 is 0 Å². The number of hydrogen-bond acceptors (Lipinski definition) is 3. The summed E-state index contributed by atoms with van der Waals surface area (Å²) in [7, 11) is 0. The first-order valence-electron chi connectivity index (χ1n) is 5.51. The Morgan fingerprint density at radius 2 is 1.50 bits per heavy atom. The maximum absolute atomic E-state index is 5.87. The molecule has 0 aromatic heterocycles. The number of nitrogens with zero attached hydrogens (tertiary/aromatic N) is 2. The zero-order valence-corrected chi connectivity index (χ0v) is 11.2. The smallest absolute Gasteiger partial charge is 0.111 e. The third-order valence-electron chi connectivity index (χ3n) is 2.64. The van der Waals surface area contributed by atoms with Gasteiger partial charge in [0.15, 0.2) is 0 Å². The van der Waals surface area contributed by atoms with Crippen molar-refractivity contribution in [2.75, 3.05) is 5.73 Å². The van der Waals surface area contributed by atoms with Gasteiger partial charge in [-0.1, -0.05) is 30.3 Å². The first kappa shape index (κ1) is 14.2. The molecular formula is C14H16ClN3. The Balaban J connectivity index is 0.00000162. The number of nitrogens with two attached hydrogens (primary N) is 1. The van der Waals surface area contributed by atoms with Crippen LogP contribution in [0.1, 0.15) is 11.1 Å². The standard InChI is InChI=1S/C14H15N3.ClH/c1-10-6-3-4-9-13(10)16-17-14-11(2)7-5-8-12(14)15;/h3-9H,15H2,1-2H3;1H. The summed E-state index contributed by atoms with van der Waals surface area (Å²) < 4.78 is 0. The zero-order valence-electron chi connectivity index (χ0n) is 10.4.